The average Bonchev–Trinajstić information content (AvgIpc) is 2.95. The number of rotatable bonds is 4. The van der Waals surface area contributed by atoms with Crippen molar-refractivity contribution in [2.45, 2.75) is 13.6 Å². The Labute approximate surface area is 140 Å². The lowest BCUT2D eigenvalue weighted by molar-refractivity contribution is 0.0529. The first-order valence-corrected chi connectivity index (χ1v) is 7.57. The van der Waals surface area contributed by atoms with Gasteiger partial charge in [0.05, 0.1) is 12.3 Å². The minimum Gasteiger partial charge on any atom is -0.462 e. The largest absolute Gasteiger partial charge is 0.462 e. The van der Waals surface area contributed by atoms with Crippen molar-refractivity contribution in [2.24, 2.45) is 0 Å². The second-order valence-corrected chi connectivity index (χ2v) is 5.41. The van der Waals surface area contributed by atoms with Gasteiger partial charge in [-0.05, 0) is 19.1 Å². The van der Waals surface area contributed by atoms with Crippen LogP contribution >= 0.6 is 11.6 Å². The van der Waals surface area contributed by atoms with Gasteiger partial charge in [-0.3, -0.25) is 4.79 Å². The van der Waals surface area contributed by atoms with Crippen LogP contribution in [-0.4, -0.2) is 27.2 Å². The number of hydrogen-bond acceptors (Lipinski definition) is 4. The first-order chi connectivity index (χ1) is 11.5. The molecule has 6 nitrogen and oxygen atoms in total. The first-order valence-electron chi connectivity index (χ1n) is 7.19. The molecule has 0 unspecified atom stereocenters. The molecule has 0 fully saturated rings. The Kier molecular flexibility index (Phi) is 4.35. The number of halogens is 2. The van der Waals surface area contributed by atoms with Crippen LogP contribution in [0.5, 0.6) is 0 Å². The number of benzene rings is 1. The molecule has 0 aliphatic heterocycles. The number of carbonyl (C=O) groups is 1. The van der Waals surface area contributed by atoms with Crippen LogP contribution in [0.3, 0.4) is 0 Å². The molecule has 124 valence electrons. The summed E-state index contributed by atoms with van der Waals surface area (Å²) in [6, 6.07) is 7.73. The monoisotopic (exact) mass is 349 g/mol. The maximum Gasteiger partial charge on any atom is 0.344 e. The van der Waals surface area contributed by atoms with Crippen molar-refractivity contribution in [3.8, 4) is 11.3 Å². The van der Waals surface area contributed by atoms with E-state index in [9.17, 15) is 14.0 Å². The number of hydrogen-bond donors (Lipinski definition) is 1. The van der Waals surface area contributed by atoms with Crippen LogP contribution in [-0.2, 0) is 11.4 Å². The Balaban J connectivity index is 2.33. The van der Waals surface area contributed by atoms with E-state index >= 15 is 0 Å². The van der Waals surface area contributed by atoms with Crippen molar-refractivity contribution in [3.63, 3.8) is 0 Å². The third-order valence-corrected chi connectivity index (χ3v) is 3.66. The zero-order chi connectivity index (χ0) is 17.3. The van der Waals surface area contributed by atoms with E-state index in [1.165, 1.54) is 0 Å². The molecule has 0 saturated carbocycles. The molecule has 0 spiro atoms. The van der Waals surface area contributed by atoms with E-state index in [-0.39, 0.29) is 29.2 Å². The minimum absolute atomic E-state index is 0.0561. The number of nitrogens with one attached hydrogen (secondary N) is 1. The third kappa shape index (κ3) is 2.78. The highest BCUT2D eigenvalue weighted by Gasteiger charge is 2.24. The fourth-order valence-corrected chi connectivity index (χ4v) is 2.50. The molecule has 24 heavy (non-hydrogen) atoms. The number of H-pyrrole nitrogens is 1. The van der Waals surface area contributed by atoms with E-state index in [0.29, 0.717) is 10.6 Å². The van der Waals surface area contributed by atoms with E-state index in [0.717, 1.165) is 10.6 Å². The van der Waals surface area contributed by atoms with E-state index in [4.69, 9.17) is 16.3 Å². The zero-order valence-electron chi connectivity index (χ0n) is 12.7. The molecule has 0 radical (unpaired) electrons. The summed E-state index contributed by atoms with van der Waals surface area (Å²) in [4.78, 5) is 27.2. The molecule has 2 aromatic heterocycles. The highest BCUT2D eigenvalue weighted by Crippen LogP contribution is 2.27. The lowest BCUT2D eigenvalue weighted by Crippen LogP contribution is -2.16. The van der Waals surface area contributed by atoms with Crippen LogP contribution < -0.4 is 5.56 Å². The molecule has 2 heterocycles. The number of alkyl halides is 1. The van der Waals surface area contributed by atoms with Gasteiger partial charge in [0.1, 0.15) is 17.9 Å². The van der Waals surface area contributed by atoms with Crippen LogP contribution in [0.1, 0.15) is 23.0 Å². The van der Waals surface area contributed by atoms with Crippen LogP contribution in [0.4, 0.5) is 4.39 Å². The number of nitrogens with zero attached hydrogens (tertiary/aromatic N) is 2. The van der Waals surface area contributed by atoms with Gasteiger partial charge >= 0.3 is 5.97 Å². The number of carbonyl (C=O) groups excluding carboxylic acids is 1. The van der Waals surface area contributed by atoms with Crippen LogP contribution in [0, 0.1) is 0 Å². The van der Waals surface area contributed by atoms with Gasteiger partial charge in [0.2, 0.25) is 0 Å². The van der Waals surface area contributed by atoms with Gasteiger partial charge < -0.3 is 9.72 Å². The van der Waals surface area contributed by atoms with Gasteiger partial charge in [-0.1, -0.05) is 23.7 Å². The van der Waals surface area contributed by atoms with Crippen LogP contribution in [0.25, 0.3) is 16.9 Å². The summed E-state index contributed by atoms with van der Waals surface area (Å²) in [6.45, 7) is 0.958. The molecule has 1 aromatic carbocycles. The van der Waals surface area contributed by atoms with E-state index in [2.05, 4.69) is 10.1 Å². The highest BCUT2D eigenvalue weighted by molar-refractivity contribution is 6.30. The minimum atomic E-state index is -0.866. The molecule has 8 heteroatoms. The van der Waals surface area contributed by atoms with E-state index in [1.54, 1.807) is 31.2 Å². The standard InChI is InChI=1S/C16H13ClFN3O3/c1-2-24-16(23)13-14(9-3-5-10(17)6-4-9)20-21-12(22)7-11(8-18)19-15(13)21/h3-7,19H,2,8H2,1H3. The number of aromatic nitrogens is 3. The smallest absolute Gasteiger partial charge is 0.344 e. The quantitative estimate of drug-likeness (QED) is 0.735. The van der Waals surface area contributed by atoms with Gasteiger partial charge in [-0.15, -0.1) is 0 Å². The molecule has 0 saturated heterocycles. The maximum absolute atomic E-state index is 13.0. The molecule has 0 aliphatic rings. The summed E-state index contributed by atoms with van der Waals surface area (Å²) in [5.74, 6) is -0.649. The molecular weight excluding hydrogens is 337 g/mol. The molecular formula is C16H13ClFN3O3. The molecule has 0 bridgehead atoms. The lowest BCUT2D eigenvalue weighted by atomic mass is 10.1. The van der Waals surface area contributed by atoms with Gasteiger partial charge in [0.25, 0.3) is 5.56 Å². The first kappa shape index (κ1) is 16.2. The number of esters is 1. The van der Waals surface area contributed by atoms with Crippen molar-refractivity contribution in [1.29, 1.82) is 0 Å². The van der Waals surface area contributed by atoms with Crippen molar-refractivity contribution in [1.82, 2.24) is 14.6 Å². The average molecular weight is 350 g/mol. The fraction of sp³-hybridized carbons (Fsp3) is 0.188. The highest BCUT2D eigenvalue weighted by atomic mass is 35.5. The predicted octanol–water partition coefficient (Wildman–Crippen LogP) is 2.99. The molecule has 0 aliphatic carbocycles. The second kappa shape index (κ2) is 6.45. The molecule has 0 atom stereocenters. The van der Waals surface area contributed by atoms with Gasteiger partial charge in [0, 0.05) is 16.7 Å². The Morgan fingerprint density at radius 1 is 1.38 bits per heavy atom. The molecule has 1 N–H and O–H groups in total. The summed E-state index contributed by atoms with van der Waals surface area (Å²) < 4.78 is 19.0. The third-order valence-electron chi connectivity index (χ3n) is 3.41. The summed E-state index contributed by atoms with van der Waals surface area (Å²) in [5, 5.41) is 4.72. The topological polar surface area (TPSA) is 76.5 Å². The summed E-state index contributed by atoms with van der Waals surface area (Å²) in [5.41, 5.74) is 0.531. The Morgan fingerprint density at radius 2 is 2.08 bits per heavy atom. The van der Waals surface area contributed by atoms with Gasteiger partial charge in [0.15, 0.2) is 5.65 Å². The van der Waals surface area contributed by atoms with Crippen molar-refractivity contribution < 1.29 is 13.9 Å². The van der Waals surface area contributed by atoms with Crippen LogP contribution in [0.15, 0.2) is 35.1 Å². The normalized spacial score (nSPS) is 11.0. The lowest BCUT2D eigenvalue weighted by Gasteiger charge is -2.04. The molecule has 3 rings (SSSR count). The Morgan fingerprint density at radius 3 is 2.71 bits per heavy atom. The van der Waals surface area contributed by atoms with Crippen molar-refractivity contribution in [2.75, 3.05) is 6.61 Å². The SMILES string of the molecule is CCOC(=O)c1c(-c2ccc(Cl)cc2)nn2c(=O)cc(CF)[nH]c12. The van der Waals surface area contributed by atoms with Gasteiger partial charge in [-0.2, -0.15) is 9.61 Å². The van der Waals surface area contributed by atoms with Gasteiger partial charge in [-0.25, -0.2) is 9.18 Å². The number of fused-ring (bicyclic) bond motifs is 1. The van der Waals surface area contributed by atoms with E-state index < -0.39 is 18.2 Å². The zero-order valence-corrected chi connectivity index (χ0v) is 13.4. The van der Waals surface area contributed by atoms with Crippen molar-refractivity contribution in [3.05, 3.63) is 57.0 Å². The number of aromatic amines is 1. The van der Waals surface area contributed by atoms with Crippen molar-refractivity contribution >= 4 is 23.2 Å². The van der Waals surface area contributed by atoms with E-state index in [1.807, 2.05) is 0 Å². The number of ether oxygens (including phenoxy) is 1. The van der Waals surface area contributed by atoms with Crippen LogP contribution in [0.2, 0.25) is 5.02 Å². The summed E-state index contributed by atoms with van der Waals surface area (Å²) >= 11 is 5.88. The maximum atomic E-state index is 13.0. The predicted molar refractivity (Wildman–Crippen MR) is 87.0 cm³/mol. The summed E-state index contributed by atoms with van der Waals surface area (Å²) in [7, 11) is 0. The molecule has 3 aromatic rings. The Bertz CT molecular complexity index is 963. The molecule has 0 amide bonds. The Hall–Kier alpha value is -2.67. The fourth-order valence-electron chi connectivity index (χ4n) is 2.37. The summed E-state index contributed by atoms with van der Waals surface area (Å²) in [6.07, 6.45) is 0. The second-order valence-electron chi connectivity index (χ2n) is 4.98.